The van der Waals surface area contributed by atoms with Gasteiger partial charge in [-0.2, -0.15) is 0 Å². The summed E-state index contributed by atoms with van der Waals surface area (Å²) in [6.45, 7) is 2.02. The lowest BCUT2D eigenvalue weighted by Crippen LogP contribution is -2.36. The van der Waals surface area contributed by atoms with Crippen molar-refractivity contribution in [3.05, 3.63) is 35.9 Å². The molecule has 114 valence electrons. The van der Waals surface area contributed by atoms with Gasteiger partial charge in [0.05, 0.1) is 11.8 Å². The zero-order valence-electron chi connectivity index (χ0n) is 13.0. The highest BCUT2D eigenvalue weighted by atomic mass is 15.1. The normalized spacial score (nSPS) is 29.0. The highest BCUT2D eigenvalue weighted by Gasteiger charge is 2.39. The summed E-state index contributed by atoms with van der Waals surface area (Å²) in [6, 6.07) is 10.2. The quantitative estimate of drug-likeness (QED) is 0.623. The van der Waals surface area contributed by atoms with Crippen LogP contribution in [0, 0.1) is 23.2 Å². The number of likely N-dealkylation sites (N-methyl/N-ethyl adjacent to an activating group) is 1. The van der Waals surface area contributed by atoms with Gasteiger partial charge in [0.2, 0.25) is 0 Å². The molecule has 0 heterocycles. The fourth-order valence-corrected chi connectivity index (χ4v) is 4.46. The Labute approximate surface area is 128 Å². The van der Waals surface area contributed by atoms with E-state index in [0.29, 0.717) is 0 Å². The van der Waals surface area contributed by atoms with Crippen molar-refractivity contribution in [1.29, 1.82) is 5.41 Å². The molecule has 4 unspecified atom stereocenters. The molecule has 4 atom stereocenters. The predicted octanol–water partition coefficient (Wildman–Crippen LogP) is 3.07. The third-order valence-electron chi connectivity index (χ3n) is 5.50. The Morgan fingerprint density at radius 3 is 2.62 bits per heavy atom. The molecule has 3 heteroatoms. The zero-order chi connectivity index (χ0) is 14.8. The average Bonchev–Trinajstić information content (AvgIpc) is 3.08. The second-order valence-electron chi connectivity index (χ2n) is 7.07. The predicted molar refractivity (Wildman–Crippen MR) is 87.5 cm³/mol. The van der Waals surface area contributed by atoms with E-state index in [1.54, 1.807) is 0 Å². The van der Waals surface area contributed by atoms with Crippen molar-refractivity contribution in [2.45, 2.75) is 31.6 Å². The highest BCUT2D eigenvalue weighted by Crippen LogP contribution is 2.48. The summed E-state index contributed by atoms with van der Waals surface area (Å²) < 4.78 is 0. The number of amidine groups is 1. The smallest absolute Gasteiger partial charge is 0.0995 e. The SMILES string of the molecule is CN(CC(C(=N)N)c1ccccc1)CC1CC2CCC1C2. The molecule has 0 radical (unpaired) electrons. The Morgan fingerprint density at radius 1 is 1.29 bits per heavy atom. The lowest BCUT2D eigenvalue weighted by atomic mass is 9.88. The first-order valence-corrected chi connectivity index (χ1v) is 8.21. The van der Waals surface area contributed by atoms with E-state index >= 15 is 0 Å². The van der Waals surface area contributed by atoms with Crippen molar-refractivity contribution in [2.75, 3.05) is 20.1 Å². The number of nitrogens with two attached hydrogens (primary N) is 1. The van der Waals surface area contributed by atoms with Gasteiger partial charge in [-0.05, 0) is 49.6 Å². The number of rotatable bonds is 6. The molecule has 0 aromatic heterocycles. The van der Waals surface area contributed by atoms with Gasteiger partial charge >= 0.3 is 0 Å². The van der Waals surface area contributed by atoms with Gasteiger partial charge in [-0.3, -0.25) is 5.41 Å². The van der Waals surface area contributed by atoms with E-state index in [0.717, 1.165) is 36.4 Å². The van der Waals surface area contributed by atoms with Crippen LogP contribution in [-0.4, -0.2) is 30.9 Å². The Kier molecular flexibility index (Phi) is 4.29. The van der Waals surface area contributed by atoms with E-state index in [9.17, 15) is 0 Å². The molecule has 2 aliphatic rings. The van der Waals surface area contributed by atoms with Crippen LogP contribution >= 0.6 is 0 Å². The largest absolute Gasteiger partial charge is 0.387 e. The number of nitrogens with zero attached hydrogens (tertiary/aromatic N) is 1. The molecule has 0 spiro atoms. The molecule has 2 aliphatic carbocycles. The summed E-state index contributed by atoms with van der Waals surface area (Å²) in [4.78, 5) is 2.39. The van der Waals surface area contributed by atoms with Crippen LogP contribution in [0.2, 0.25) is 0 Å². The van der Waals surface area contributed by atoms with E-state index in [1.807, 2.05) is 18.2 Å². The van der Waals surface area contributed by atoms with Crippen LogP contribution in [0.4, 0.5) is 0 Å². The van der Waals surface area contributed by atoms with Gasteiger partial charge < -0.3 is 10.6 Å². The number of hydrogen-bond donors (Lipinski definition) is 2. The molecule has 0 amide bonds. The van der Waals surface area contributed by atoms with Crippen LogP contribution in [0.25, 0.3) is 0 Å². The Morgan fingerprint density at radius 2 is 2.05 bits per heavy atom. The number of nitrogens with one attached hydrogen (secondary N) is 1. The second kappa shape index (κ2) is 6.18. The minimum absolute atomic E-state index is 0.0230. The monoisotopic (exact) mass is 285 g/mol. The van der Waals surface area contributed by atoms with Crippen LogP contribution in [0.3, 0.4) is 0 Å². The minimum Gasteiger partial charge on any atom is -0.387 e. The van der Waals surface area contributed by atoms with Gasteiger partial charge in [0.25, 0.3) is 0 Å². The van der Waals surface area contributed by atoms with Crippen LogP contribution in [0.15, 0.2) is 30.3 Å². The van der Waals surface area contributed by atoms with E-state index in [4.69, 9.17) is 11.1 Å². The van der Waals surface area contributed by atoms with Crippen LogP contribution < -0.4 is 5.73 Å². The van der Waals surface area contributed by atoms with Crippen molar-refractivity contribution in [3.63, 3.8) is 0 Å². The van der Waals surface area contributed by atoms with E-state index < -0.39 is 0 Å². The Balaban J connectivity index is 1.59. The molecule has 0 saturated heterocycles. The number of benzene rings is 1. The molecule has 3 nitrogen and oxygen atoms in total. The van der Waals surface area contributed by atoms with Crippen LogP contribution in [0.1, 0.15) is 37.2 Å². The molecule has 1 aromatic rings. The maximum Gasteiger partial charge on any atom is 0.0995 e. The molecule has 1 aromatic carbocycles. The van der Waals surface area contributed by atoms with E-state index in [1.165, 1.54) is 25.7 Å². The van der Waals surface area contributed by atoms with Gasteiger partial charge in [-0.25, -0.2) is 0 Å². The first-order chi connectivity index (χ1) is 10.1. The summed E-state index contributed by atoms with van der Waals surface area (Å²) in [6.07, 6.45) is 5.79. The summed E-state index contributed by atoms with van der Waals surface area (Å²) >= 11 is 0. The van der Waals surface area contributed by atoms with E-state index in [2.05, 4.69) is 24.1 Å². The molecule has 3 rings (SSSR count). The fraction of sp³-hybridized carbons (Fsp3) is 0.611. The first kappa shape index (κ1) is 14.6. The minimum atomic E-state index is 0.0230. The van der Waals surface area contributed by atoms with Crippen LogP contribution in [0.5, 0.6) is 0 Å². The van der Waals surface area contributed by atoms with Crippen molar-refractivity contribution >= 4 is 5.84 Å². The third-order valence-corrected chi connectivity index (χ3v) is 5.50. The lowest BCUT2D eigenvalue weighted by molar-refractivity contribution is 0.218. The molecule has 21 heavy (non-hydrogen) atoms. The molecule has 3 N–H and O–H groups in total. The van der Waals surface area contributed by atoms with Crippen molar-refractivity contribution in [1.82, 2.24) is 4.90 Å². The zero-order valence-corrected chi connectivity index (χ0v) is 13.0. The standard InChI is InChI=1S/C18H27N3/c1-21(11-16-10-13-7-8-15(16)9-13)12-17(18(19)20)14-5-3-2-4-6-14/h2-6,13,15-17H,7-12H2,1H3,(H3,19,20). The summed E-state index contributed by atoms with van der Waals surface area (Å²) in [5.41, 5.74) is 7.00. The first-order valence-electron chi connectivity index (χ1n) is 8.21. The lowest BCUT2D eigenvalue weighted by Gasteiger charge is -2.29. The maximum absolute atomic E-state index is 7.90. The molecule has 0 aliphatic heterocycles. The summed E-state index contributed by atoms with van der Waals surface area (Å²) in [7, 11) is 2.19. The molecule has 2 fully saturated rings. The summed E-state index contributed by atoms with van der Waals surface area (Å²) in [5, 5.41) is 7.90. The average molecular weight is 285 g/mol. The molecular weight excluding hydrogens is 258 g/mol. The maximum atomic E-state index is 7.90. The Hall–Kier alpha value is -1.35. The Bertz CT molecular complexity index is 484. The second-order valence-corrected chi connectivity index (χ2v) is 7.07. The van der Waals surface area contributed by atoms with Gasteiger partial charge in [-0.1, -0.05) is 36.8 Å². The number of hydrogen-bond acceptors (Lipinski definition) is 2. The van der Waals surface area contributed by atoms with Gasteiger partial charge in [0.15, 0.2) is 0 Å². The fourth-order valence-electron chi connectivity index (χ4n) is 4.46. The molecular formula is C18H27N3. The highest BCUT2D eigenvalue weighted by molar-refractivity contribution is 5.84. The van der Waals surface area contributed by atoms with Crippen molar-refractivity contribution in [3.8, 4) is 0 Å². The van der Waals surface area contributed by atoms with Gasteiger partial charge in [0, 0.05) is 13.1 Å². The summed E-state index contributed by atoms with van der Waals surface area (Å²) in [5.74, 6) is 3.14. The van der Waals surface area contributed by atoms with Gasteiger partial charge in [0.1, 0.15) is 0 Å². The van der Waals surface area contributed by atoms with Crippen molar-refractivity contribution < 1.29 is 0 Å². The molecule has 2 bridgehead atoms. The third kappa shape index (κ3) is 3.29. The van der Waals surface area contributed by atoms with E-state index in [-0.39, 0.29) is 11.8 Å². The number of fused-ring (bicyclic) bond motifs is 2. The molecule has 2 saturated carbocycles. The van der Waals surface area contributed by atoms with Crippen molar-refractivity contribution in [2.24, 2.45) is 23.5 Å². The topological polar surface area (TPSA) is 53.1 Å². The van der Waals surface area contributed by atoms with Crippen LogP contribution in [-0.2, 0) is 0 Å². The van der Waals surface area contributed by atoms with Gasteiger partial charge in [-0.15, -0.1) is 0 Å².